The Bertz CT molecular complexity index is 255. The topological polar surface area (TPSA) is 60.4 Å². The highest BCUT2D eigenvalue weighted by molar-refractivity contribution is 6.39. The molecule has 0 aliphatic heterocycles. The third kappa shape index (κ3) is 5.30. The summed E-state index contributed by atoms with van der Waals surface area (Å²) in [6.07, 6.45) is -0.368. The SMILES string of the molecule is CCC(OC(C)=O)C(=O)C(=O)CC(C)C. The largest absolute Gasteiger partial charge is 0.454 e. The van der Waals surface area contributed by atoms with Gasteiger partial charge in [0.25, 0.3) is 0 Å². The van der Waals surface area contributed by atoms with Crippen LogP contribution in [0.5, 0.6) is 0 Å². The summed E-state index contributed by atoms with van der Waals surface area (Å²) in [6.45, 7) is 6.65. The van der Waals surface area contributed by atoms with Gasteiger partial charge in [-0.25, -0.2) is 0 Å². The predicted molar refractivity (Wildman–Crippen MR) is 55.3 cm³/mol. The normalized spacial score (nSPS) is 12.3. The molecule has 4 nitrogen and oxygen atoms in total. The van der Waals surface area contributed by atoms with Gasteiger partial charge in [-0.2, -0.15) is 0 Å². The molecular weight excluding hydrogens is 196 g/mol. The van der Waals surface area contributed by atoms with Gasteiger partial charge in [-0.3, -0.25) is 14.4 Å². The second-order valence-electron chi connectivity index (χ2n) is 3.89. The van der Waals surface area contributed by atoms with Crippen molar-refractivity contribution in [2.24, 2.45) is 5.92 Å². The Labute approximate surface area is 90.0 Å². The van der Waals surface area contributed by atoms with Gasteiger partial charge in [0.05, 0.1) is 0 Å². The van der Waals surface area contributed by atoms with Crippen LogP contribution in [0.25, 0.3) is 0 Å². The van der Waals surface area contributed by atoms with E-state index in [0.29, 0.717) is 6.42 Å². The maximum absolute atomic E-state index is 11.5. The number of hydrogen-bond donors (Lipinski definition) is 0. The Morgan fingerprint density at radius 3 is 2.07 bits per heavy atom. The molecule has 4 heteroatoms. The van der Waals surface area contributed by atoms with Gasteiger partial charge in [0.15, 0.2) is 6.10 Å². The van der Waals surface area contributed by atoms with Crippen molar-refractivity contribution in [1.82, 2.24) is 0 Å². The highest BCUT2D eigenvalue weighted by Crippen LogP contribution is 2.07. The van der Waals surface area contributed by atoms with E-state index in [2.05, 4.69) is 0 Å². The summed E-state index contributed by atoms with van der Waals surface area (Å²) in [7, 11) is 0. The van der Waals surface area contributed by atoms with Crippen LogP contribution in [0.3, 0.4) is 0 Å². The molecule has 1 atom stereocenters. The van der Waals surface area contributed by atoms with Crippen molar-refractivity contribution in [1.29, 1.82) is 0 Å². The lowest BCUT2D eigenvalue weighted by molar-refractivity contribution is -0.155. The Morgan fingerprint density at radius 2 is 1.73 bits per heavy atom. The number of carbonyl (C=O) groups excluding carboxylic acids is 3. The molecule has 1 unspecified atom stereocenters. The minimum absolute atomic E-state index is 0.135. The summed E-state index contributed by atoms with van der Waals surface area (Å²) in [6, 6.07) is 0. The van der Waals surface area contributed by atoms with Crippen molar-refractivity contribution < 1.29 is 19.1 Å². The van der Waals surface area contributed by atoms with Crippen LogP contribution in [0.4, 0.5) is 0 Å². The lowest BCUT2D eigenvalue weighted by Crippen LogP contribution is -2.32. The first-order valence-corrected chi connectivity index (χ1v) is 5.12. The molecule has 0 radical (unpaired) electrons. The van der Waals surface area contributed by atoms with Crippen LogP contribution < -0.4 is 0 Å². The number of ether oxygens (including phenoxy) is 1. The minimum Gasteiger partial charge on any atom is -0.454 e. The number of rotatable bonds is 6. The molecule has 0 rings (SSSR count). The summed E-state index contributed by atoms with van der Waals surface area (Å²) in [5, 5.41) is 0. The van der Waals surface area contributed by atoms with Crippen molar-refractivity contribution in [3.8, 4) is 0 Å². The third-order valence-electron chi connectivity index (χ3n) is 1.84. The second kappa shape index (κ2) is 6.32. The molecule has 0 N–H and O–H groups in total. The molecule has 0 amide bonds. The predicted octanol–water partition coefficient (Wildman–Crippen LogP) is 1.51. The molecule has 0 fully saturated rings. The van der Waals surface area contributed by atoms with E-state index in [1.54, 1.807) is 6.92 Å². The monoisotopic (exact) mass is 214 g/mol. The van der Waals surface area contributed by atoms with Crippen LogP contribution in [0.15, 0.2) is 0 Å². The van der Waals surface area contributed by atoms with Crippen LogP contribution in [-0.4, -0.2) is 23.6 Å². The first kappa shape index (κ1) is 13.8. The van der Waals surface area contributed by atoms with E-state index in [0.717, 1.165) is 0 Å². The Morgan fingerprint density at radius 1 is 1.20 bits per heavy atom. The van der Waals surface area contributed by atoms with Crippen LogP contribution >= 0.6 is 0 Å². The van der Waals surface area contributed by atoms with Gasteiger partial charge in [0, 0.05) is 13.3 Å². The van der Waals surface area contributed by atoms with Gasteiger partial charge in [0.1, 0.15) is 0 Å². The number of carbonyl (C=O) groups is 3. The lowest BCUT2D eigenvalue weighted by atomic mass is 10.0. The fourth-order valence-electron chi connectivity index (χ4n) is 1.17. The molecule has 0 bridgehead atoms. The first-order valence-electron chi connectivity index (χ1n) is 5.12. The molecule has 0 spiro atoms. The van der Waals surface area contributed by atoms with Gasteiger partial charge in [-0.15, -0.1) is 0 Å². The van der Waals surface area contributed by atoms with Crippen LogP contribution in [0, 0.1) is 5.92 Å². The summed E-state index contributed by atoms with van der Waals surface area (Å²) < 4.78 is 4.75. The zero-order chi connectivity index (χ0) is 12.0. The molecule has 86 valence electrons. The Hall–Kier alpha value is -1.19. The first-order chi connectivity index (χ1) is 6.88. The minimum atomic E-state index is -0.909. The van der Waals surface area contributed by atoms with Crippen LogP contribution in [0.1, 0.15) is 40.5 Å². The lowest BCUT2D eigenvalue weighted by Gasteiger charge is -2.13. The zero-order valence-electron chi connectivity index (χ0n) is 9.70. The van der Waals surface area contributed by atoms with Crippen molar-refractivity contribution in [3.63, 3.8) is 0 Å². The number of Topliss-reactive ketones (excluding diaryl/α,β-unsaturated/α-hetero) is 2. The van der Waals surface area contributed by atoms with Crippen molar-refractivity contribution in [2.45, 2.75) is 46.6 Å². The quantitative estimate of drug-likeness (QED) is 0.496. The summed E-state index contributed by atoms with van der Waals surface area (Å²) in [5.41, 5.74) is 0. The van der Waals surface area contributed by atoms with E-state index in [1.807, 2.05) is 13.8 Å². The fourth-order valence-corrected chi connectivity index (χ4v) is 1.17. The molecule has 0 saturated heterocycles. The maximum atomic E-state index is 11.5. The smallest absolute Gasteiger partial charge is 0.303 e. The van der Waals surface area contributed by atoms with E-state index in [1.165, 1.54) is 6.92 Å². The van der Waals surface area contributed by atoms with Crippen molar-refractivity contribution in [3.05, 3.63) is 0 Å². The molecule has 0 aliphatic carbocycles. The van der Waals surface area contributed by atoms with E-state index < -0.39 is 23.6 Å². The number of hydrogen-bond acceptors (Lipinski definition) is 4. The average molecular weight is 214 g/mol. The zero-order valence-corrected chi connectivity index (χ0v) is 9.70. The second-order valence-corrected chi connectivity index (χ2v) is 3.89. The Balaban J connectivity index is 4.37. The number of ketones is 2. The summed E-state index contributed by atoms with van der Waals surface area (Å²) >= 11 is 0. The van der Waals surface area contributed by atoms with Gasteiger partial charge in [-0.1, -0.05) is 20.8 Å². The molecule has 0 aliphatic rings. The molecule has 0 aromatic carbocycles. The summed E-state index contributed by atoms with van der Waals surface area (Å²) in [4.78, 5) is 33.6. The molecule has 0 aromatic heterocycles. The van der Waals surface area contributed by atoms with E-state index >= 15 is 0 Å². The highest BCUT2D eigenvalue weighted by atomic mass is 16.5. The van der Waals surface area contributed by atoms with Crippen LogP contribution in [0.2, 0.25) is 0 Å². The molecular formula is C11H18O4. The third-order valence-corrected chi connectivity index (χ3v) is 1.84. The highest BCUT2D eigenvalue weighted by Gasteiger charge is 2.26. The van der Waals surface area contributed by atoms with E-state index in [-0.39, 0.29) is 12.3 Å². The molecule has 0 aromatic rings. The maximum Gasteiger partial charge on any atom is 0.303 e. The van der Waals surface area contributed by atoms with Gasteiger partial charge < -0.3 is 4.74 Å². The van der Waals surface area contributed by atoms with Gasteiger partial charge >= 0.3 is 5.97 Å². The summed E-state index contributed by atoms with van der Waals surface area (Å²) in [5.74, 6) is -1.46. The standard InChI is InChI=1S/C11H18O4/c1-5-10(15-8(4)12)11(14)9(13)6-7(2)3/h7,10H,5-6H2,1-4H3. The van der Waals surface area contributed by atoms with E-state index in [4.69, 9.17) is 4.74 Å². The van der Waals surface area contributed by atoms with Crippen molar-refractivity contribution >= 4 is 17.5 Å². The average Bonchev–Trinajstić information content (AvgIpc) is 2.11. The fraction of sp³-hybridized carbons (Fsp3) is 0.727. The number of esters is 1. The molecule has 15 heavy (non-hydrogen) atoms. The van der Waals surface area contributed by atoms with Crippen LogP contribution in [-0.2, 0) is 19.1 Å². The Kier molecular flexibility index (Phi) is 5.82. The van der Waals surface area contributed by atoms with Crippen molar-refractivity contribution in [2.75, 3.05) is 0 Å². The van der Waals surface area contributed by atoms with Gasteiger partial charge in [0.2, 0.25) is 11.6 Å². The molecule has 0 saturated carbocycles. The van der Waals surface area contributed by atoms with Gasteiger partial charge in [-0.05, 0) is 12.3 Å². The molecule has 0 heterocycles. The van der Waals surface area contributed by atoms with E-state index in [9.17, 15) is 14.4 Å².